The van der Waals surface area contributed by atoms with E-state index < -0.39 is 5.60 Å². The number of hydrogen-bond acceptors (Lipinski definition) is 4. The van der Waals surface area contributed by atoms with Crippen molar-refractivity contribution in [3.8, 4) is 5.75 Å². The number of Topliss-reactive ketones (excluding diaryl/α,β-unsaturated/α-hetero) is 1. The number of ketones is 1. The zero-order valence-corrected chi connectivity index (χ0v) is 18.8. The highest BCUT2D eigenvalue weighted by Gasteiger charge is 2.30. The van der Waals surface area contributed by atoms with Crippen molar-refractivity contribution in [2.24, 2.45) is 0 Å². The predicted molar refractivity (Wildman–Crippen MR) is 121 cm³/mol. The second-order valence-corrected chi connectivity index (χ2v) is 8.86. The molecule has 3 rings (SSSR count). The van der Waals surface area contributed by atoms with E-state index in [9.17, 15) is 9.59 Å². The van der Waals surface area contributed by atoms with E-state index in [-0.39, 0.29) is 30.6 Å². The Hall–Kier alpha value is -2.66. The first kappa shape index (κ1) is 23.0. The van der Waals surface area contributed by atoms with Gasteiger partial charge in [0.05, 0.1) is 13.0 Å². The van der Waals surface area contributed by atoms with E-state index in [1.54, 1.807) is 13.8 Å². The molecule has 1 atom stereocenters. The lowest BCUT2D eigenvalue weighted by Crippen LogP contribution is -2.40. The van der Waals surface area contributed by atoms with E-state index in [1.165, 1.54) is 0 Å². The van der Waals surface area contributed by atoms with Gasteiger partial charge in [0.1, 0.15) is 5.75 Å². The van der Waals surface area contributed by atoms with Gasteiger partial charge in [-0.05, 0) is 62.4 Å². The normalized spacial score (nSPS) is 16.8. The zero-order chi connectivity index (χ0) is 22.4. The van der Waals surface area contributed by atoms with Crippen LogP contribution in [-0.4, -0.2) is 47.0 Å². The zero-order valence-electron chi connectivity index (χ0n) is 18.8. The van der Waals surface area contributed by atoms with E-state index in [1.807, 2.05) is 54.3 Å². The van der Waals surface area contributed by atoms with Crippen molar-refractivity contribution in [3.05, 3.63) is 65.2 Å². The monoisotopic (exact) mass is 423 g/mol. The summed E-state index contributed by atoms with van der Waals surface area (Å²) in [5, 5.41) is 9.05. The number of carbonyl (C=O) groups is 2. The summed E-state index contributed by atoms with van der Waals surface area (Å²) in [5.41, 5.74) is 2.35. The Morgan fingerprint density at radius 2 is 1.94 bits per heavy atom. The summed E-state index contributed by atoms with van der Waals surface area (Å²) in [6, 6.07) is 15.9. The van der Waals surface area contributed by atoms with Gasteiger partial charge in [-0.2, -0.15) is 0 Å². The van der Waals surface area contributed by atoms with Gasteiger partial charge < -0.3 is 14.7 Å². The third-order valence-electron chi connectivity index (χ3n) is 6.09. The van der Waals surface area contributed by atoms with Crippen LogP contribution in [0.3, 0.4) is 0 Å². The second-order valence-electron chi connectivity index (χ2n) is 8.86. The Kier molecular flexibility index (Phi) is 7.50. The van der Waals surface area contributed by atoms with Crippen LogP contribution in [0.5, 0.6) is 5.75 Å². The molecule has 1 amide bonds. The van der Waals surface area contributed by atoms with Gasteiger partial charge in [0.15, 0.2) is 11.4 Å². The summed E-state index contributed by atoms with van der Waals surface area (Å²) in [6.07, 6.45) is 2.50. The number of hydrogen-bond donors (Lipinski definition) is 1. The van der Waals surface area contributed by atoms with Crippen molar-refractivity contribution in [1.29, 1.82) is 0 Å². The highest BCUT2D eigenvalue weighted by molar-refractivity contribution is 5.86. The predicted octanol–water partition coefficient (Wildman–Crippen LogP) is 4.05. The molecule has 2 aromatic carbocycles. The van der Waals surface area contributed by atoms with E-state index in [0.717, 1.165) is 36.1 Å². The van der Waals surface area contributed by atoms with Crippen LogP contribution in [0.25, 0.3) is 0 Å². The van der Waals surface area contributed by atoms with Gasteiger partial charge in [0.2, 0.25) is 5.91 Å². The van der Waals surface area contributed by atoms with E-state index in [4.69, 9.17) is 9.84 Å². The molecule has 1 heterocycles. The minimum Gasteiger partial charge on any atom is -0.480 e. The molecule has 1 unspecified atom stereocenters. The molecular weight excluding hydrogens is 390 g/mol. The molecule has 1 aliphatic heterocycles. The maximum absolute atomic E-state index is 12.9. The summed E-state index contributed by atoms with van der Waals surface area (Å²) in [7, 11) is 0. The molecule has 5 nitrogen and oxygen atoms in total. The van der Waals surface area contributed by atoms with Gasteiger partial charge in [0, 0.05) is 25.4 Å². The molecule has 0 spiro atoms. The standard InChI is InChI=1S/C26H33NO4/c1-19-8-4-5-9-20(19)17-25(30)27-14-7-11-22(18-27)21-10-6-12-23(16-21)31-26(2,3)24(29)13-15-28/h4-6,8-10,12,16,22,28H,7,11,13-15,17-18H2,1-3H3. The van der Waals surface area contributed by atoms with Gasteiger partial charge in [-0.3, -0.25) is 9.59 Å². The first-order valence-corrected chi connectivity index (χ1v) is 11.1. The van der Waals surface area contributed by atoms with Crippen molar-refractivity contribution in [3.63, 3.8) is 0 Å². The van der Waals surface area contributed by atoms with Crippen LogP contribution in [0.4, 0.5) is 0 Å². The molecule has 2 aromatic rings. The lowest BCUT2D eigenvalue weighted by Gasteiger charge is -2.33. The van der Waals surface area contributed by atoms with Gasteiger partial charge >= 0.3 is 0 Å². The highest BCUT2D eigenvalue weighted by Crippen LogP contribution is 2.31. The summed E-state index contributed by atoms with van der Waals surface area (Å²) < 4.78 is 5.97. The minimum atomic E-state index is -0.997. The molecule has 5 heteroatoms. The molecule has 0 radical (unpaired) electrons. The molecule has 0 aromatic heterocycles. The van der Waals surface area contributed by atoms with Crippen LogP contribution >= 0.6 is 0 Å². The number of piperidine rings is 1. The SMILES string of the molecule is Cc1ccccc1CC(=O)N1CCCC(c2cccc(OC(C)(C)C(=O)CCO)c2)C1. The van der Waals surface area contributed by atoms with Crippen LogP contribution in [0.2, 0.25) is 0 Å². The molecule has 166 valence electrons. The third-order valence-corrected chi connectivity index (χ3v) is 6.09. The van der Waals surface area contributed by atoms with Crippen molar-refractivity contribution in [1.82, 2.24) is 4.90 Å². The fourth-order valence-electron chi connectivity index (χ4n) is 4.14. The fourth-order valence-corrected chi connectivity index (χ4v) is 4.14. The molecule has 0 saturated carbocycles. The molecular formula is C26H33NO4. The Balaban J connectivity index is 1.67. The number of carbonyl (C=O) groups excluding carboxylic acids is 2. The molecule has 1 N–H and O–H groups in total. The van der Waals surface area contributed by atoms with Crippen molar-refractivity contribution in [2.75, 3.05) is 19.7 Å². The number of nitrogens with zero attached hydrogens (tertiary/aromatic N) is 1. The maximum atomic E-state index is 12.9. The van der Waals surface area contributed by atoms with E-state index in [0.29, 0.717) is 18.7 Å². The number of likely N-dealkylation sites (tertiary alicyclic amines) is 1. The average Bonchev–Trinajstić information content (AvgIpc) is 2.75. The van der Waals surface area contributed by atoms with Gasteiger partial charge in [-0.15, -0.1) is 0 Å². The fraction of sp³-hybridized carbons (Fsp3) is 0.462. The van der Waals surface area contributed by atoms with Crippen molar-refractivity contribution in [2.45, 2.75) is 58.0 Å². The number of rotatable bonds is 8. The summed E-state index contributed by atoms with van der Waals surface area (Å²) >= 11 is 0. The number of aryl methyl sites for hydroxylation is 1. The lowest BCUT2D eigenvalue weighted by atomic mass is 9.90. The van der Waals surface area contributed by atoms with Gasteiger partial charge in [-0.1, -0.05) is 36.4 Å². The number of benzene rings is 2. The van der Waals surface area contributed by atoms with E-state index in [2.05, 4.69) is 6.07 Å². The molecule has 1 saturated heterocycles. The number of aliphatic hydroxyl groups excluding tert-OH is 1. The quantitative estimate of drug-likeness (QED) is 0.696. The largest absolute Gasteiger partial charge is 0.480 e. The topological polar surface area (TPSA) is 66.8 Å². The lowest BCUT2D eigenvalue weighted by molar-refractivity contribution is -0.133. The summed E-state index contributed by atoms with van der Waals surface area (Å²) in [4.78, 5) is 27.1. The Morgan fingerprint density at radius 1 is 1.16 bits per heavy atom. The smallest absolute Gasteiger partial charge is 0.227 e. The second kappa shape index (κ2) is 10.1. The molecule has 0 aliphatic carbocycles. The van der Waals surface area contributed by atoms with Gasteiger partial charge in [-0.25, -0.2) is 0 Å². The Labute approximate surface area is 185 Å². The summed E-state index contributed by atoms with van der Waals surface area (Å²) in [6.45, 7) is 6.80. The molecule has 31 heavy (non-hydrogen) atoms. The number of ether oxygens (including phenoxy) is 1. The van der Waals surface area contributed by atoms with Crippen LogP contribution in [0, 0.1) is 6.92 Å². The van der Waals surface area contributed by atoms with Crippen LogP contribution in [-0.2, 0) is 16.0 Å². The number of aliphatic hydroxyl groups is 1. The first-order chi connectivity index (χ1) is 14.8. The van der Waals surface area contributed by atoms with E-state index >= 15 is 0 Å². The minimum absolute atomic E-state index is 0.0767. The molecule has 0 bridgehead atoms. The maximum Gasteiger partial charge on any atom is 0.227 e. The average molecular weight is 424 g/mol. The van der Waals surface area contributed by atoms with Gasteiger partial charge in [0.25, 0.3) is 0 Å². The third kappa shape index (κ3) is 5.95. The Bertz CT molecular complexity index is 921. The van der Waals surface area contributed by atoms with Crippen LogP contribution < -0.4 is 4.74 Å². The highest BCUT2D eigenvalue weighted by atomic mass is 16.5. The van der Waals surface area contributed by atoms with Crippen LogP contribution in [0.1, 0.15) is 55.7 Å². The first-order valence-electron chi connectivity index (χ1n) is 11.1. The molecule has 1 aliphatic rings. The molecule has 1 fully saturated rings. The van der Waals surface area contributed by atoms with Crippen molar-refractivity contribution < 1.29 is 19.4 Å². The Morgan fingerprint density at radius 3 is 2.68 bits per heavy atom. The van der Waals surface area contributed by atoms with Crippen molar-refractivity contribution >= 4 is 11.7 Å². The summed E-state index contributed by atoms with van der Waals surface area (Å²) in [5.74, 6) is 0.916. The number of amides is 1. The van der Waals surface area contributed by atoms with Crippen LogP contribution in [0.15, 0.2) is 48.5 Å².